The van der Waals surface area contributed by atoms with Crippen LogP contribution in [0, 0.1) is 5.82 Å². The van der Waals surface area contributed by atoms with Crippen LogP contribution in [0.4, 0.5) is 4.39 Å². The Morgan fingerprint density at radius 2 is 1.91 bits per heavy atom. The minimum absolute atomic E-state index is 0.250. The van der Waals surface area contributed by atoms with Crippen molar-refractivity contribution in [2.45, 2.75) is 6.54 Å². The van der Waals surface area contributed by atoms with E-state index in [1.54, 1.807) is 30.3 Å². The number of H-pyrrole nitrogens is 1. The molecule has 0 fully saturated rings. The number of carbonyl (C=O) groups is 1. The van der Waals surface area contributed by atoms with E-state index >= 15 is 0 Å². The number of aromatic nitrogens is 4. The second kappa shape index (κ2) is 8.01. The van der Waals surface area contributed by atoms with Crippen LogP contribution in [0.3, 0.4) is 0 Å². The van der Waals surface area contributed by atoms with Crippen molar-refractivity contribution >= 4 is 38.4 Å². The third-order valence-corrected chi connectivity index (χ3v) is 5.62. The topological polar surface area (TPSA) is 92.2 Å². The molecule has 0 bridgehead atoms. The monoisotopic (exact) mass is 491 g/mol. The lowest BCUT2D eigenvalue weighted by Gasteiger charge is -2.07. The molecule has 0 aliphatic carbocycles. The first-order valence-corrected chi connectivity index (χ1v) is 10.5. The molecule has 2 N–H and O–H groups in total. The highest BCUT2D eigenvalue weighted by molar-refractivity contribution is 9.10. The zero-order valence-electron chi connectivity index (χ0n) is 16.5. The zero-order chi connectivity index (χ0) is 22.2. The molecule has 32 heavy (non-hydrogen) atoms. The molecule has 2 aromatic heterocycles. The maximum absolute atomic E-state index is 13.7. The van der Waals surface area contributed by atoms with Gasteiger partial charge in [0.05, 0.1) is 10.9 Å². The highest BCUT2D eigenvalue weighted by Crippen LogP contribution is 2.23. The third kappa shape index (κ3) is 3.67. The number of amides is 1. The fraction of sp³-hybridized carbons (Fsp3) is 0.0435. The molecule has 1 amide bonds. The molecule has 2 heterocycles. The van der Waals surface area contributed by atoms with Gasteiger partial charge in [-0.05, 0) is 48.0 Å². The van der Waals surface area contributed by atoms with E-state index in [2.05, 4.69) is 36.5 Å². The highest BCUT2D eigenvalue weighted by atomic mass is 79.9. The fourth-order valence-corrected chi connectivity index (χ4v) is 3.75. The summed E-state index contributed by atoms with van der Waals surface area (Å²) < 4.78 is 16.2. The molecule has 0 aliphatic heterocycles. The number of rotatable bonds is 4. The first kappa shape index (κ1) is 20.1. The van der Waals surface area contributed by atoms with Gasteiger partial charge < -0.3 is 5.32 Å². The molecular weight excluding hydrogens is 477 g/mol. The molecule has 0 unspecified atom stereocenters. The van der Waals surface area contributed by atoms with Crippen LogP contribution < -0.4 is 10.9 Å². The van der Waals surface area contributed by atoms with Crippen LogP contribution in [0.15, 0.2) is 76.0 Å². The van der Waals surface area contributed by atoms with E-state index in [4.69, 9.17) is 0 Å². The summed E-state index contributed by atoms with van der Waals surface area (Å²) in [5.74, 6) is -0.700. The number of nitrogens with one attached hydrogen (secondary N) is 2. The van der Waals surface area contributed by atoms with Gasteiger partial charge in [0.1, 0.15) is 11.5 Å². The van der Waals surface area contributed by atoms with Gasteiger partial charge in [0, 0.05) is 22.1 Å². The molecule has 5 aromatic rings. The predicted molar refractivity (Wildman–Crippen MR) is 122 cm³/mol. The molecule has 0 aliphatic rings. The van der Waals surface area contributed by atoms with Gasteiger partial charge in [-0.25, -0.2) is 14.1 Å². The van der Waals surface area contributed by atoms with Crippen molar-refractivity contribution in [3.8, 4) is 11.3 Å². The Hall–Kier alpha value is -3.85. The summed E-state index contributed by atoms with van der Waals surface area (Å²) in [5.41, 5.74) is 2.41. The maximum atomic E-state index is 13.7. The molecular formula is C23H15BrFN5O2. The van der Waals surface area contributed by atoms with E-state index in [1.165, 1.54) is 16.6 Å². The Balaban J connectivity index is 1.53. The van der Waals surface area contributed by atoms with Gasteiger partial charge in [-0.3, -0.25) is 9.59 Å². The second-order valence-corrected chi connectivity index (χ2v) is 8.10. The first-order valence-electron chi connectivity index (χ1n) is 9.69. The molecule has 0 radical (unpaired) electrons. The lowest BCUT2D eigenvalue weighted by atomic mass is 10.1. The zero-order valence-corrected chi connectivity index (χ0v) is 18.1. The number of hydrogen-bond donors (Lipinski definition) is 2. The van der Waals surface area contributed by atoms with Crippen molar-refractivity contribution in [3.05, 3.63) is 98.5 Å². The fourth-order valence-electron chi connectivity index (χ4n) is 3.49. The summed E-state index contributed by atoms with van der Waals surface area (Å²) >= 11 is 3.38. The number of hydrogen-bond acceptors (Lipinski definition) is 4. The minimum atomic E-state index is -0.458. The summed E-state index contributed by atoms with van der Waals surface area (Å²) in [7, 11) is 0. The summed E-state index contributed by atoms with van der Waals surface area (Å²) in [6.07, 6.45) is 0. The number of carbonyl (C=O) groups excluding carboxylic acids is 1. The third-order valence-electron chi connectivity index (χ3n) is 5.09. The average Bonchev–Trinajstić information content (AvgIpc) is 3.22. The van der Waals surface area contributed by atoms with Gasteiger partial charge in [0.2, 0.25) is 0 Å². The van der Waals surface area contributed by atoms with E-state index < -0.39 is 11.4 Å². The second-order valence-electron chi connectivity index (χ2n) is 7.19. The summed E-state index contributed by atoms with van der Waals surface area (Å²) in [6.45, 7) is 0.365. The van der Waals surface area contributed by atoms with E-state index in [0.717, 1.165) is 10.0 Å². The summed E-state index contributed by atoms with van der Waals surface area (Å²) in [4.78, 5) is 29.5. The summed E-state index contributed by atoms with van der Waals surface area (Å²) in [6, 6.07) is 18.3. The highest BCUT2D eigenvalue weighted by Gasteiger charge is 2.16. The molecule has 3 aromatic carbocycles. The van der Waals surface area contributed by atoms with E-state index in [1.807, 2.05) is 24.3 Å². The number of aromatic amines is 1. The Morgan fingerprint density at radius 1 is 1.09 bits per heavy atom. The first-order chi connectivity index (χ1) is 15.5. The van der Waals surface area contributed by atoms with Gasteiger partial charge in [-0.1, -0.05) is 40.2 Å². The molecule has 5 rings (SSSR count). The van der Waals surface area contributed by atoms with Gasteiger partial charge in [-0.2, -0.15) is 10.1 Å². The molecule has 0 spiro atoms. The molecule has 158 valence electrons. The predicted octanol–water partition coefficient (Wildman–Crippen LogP) is 4.07. The Morgan fingerprint density at radius 3 is 2.69 bits per heavy atom. The quantitative estimate of drug-likeness (QED) is 0.396. The van der Waals surface area contributed by atoms with Crippen molar-refractivity contribution < 1.29 is 9.18 Å². The van der Waals surface area contributed by atoms with Crippen LogP contribution in [0.25, 0.3) is 27.8 Å². The average molecular weight is 492 g/mol. The molecule has 9 heteroatoms. The Labute approximate surface area is 189 Å². The van der Waals surface area contributed by atoms with Crippen LogP contribution in [0.5, 0.6) is 0 Å². The van der Waals surface area contributed by atoms with Gasteiger partial charge in [0.25, 0.3) is 11.5 Å². The molecule has 0 saturated carbocycles. The largest absolute Gasteiger partial charge is 0.348 e. The standard InChI is InChI=1S/C23H15BrFN5O2/c24-16-7-4-13(5-8-16)12-26-22(31)15-6-9-18-19(11-15)30-21(27-23(18)32)20(28-29-30)14-2-1-3-17(25)10-14/h1-11,29H,12H2,(H,26,31). The van der Waals surface area contributed by atoms with Crippen LogP contribution in [-0.4, -0.2) is 25.7 Å². The lowest BCUT2D eigenvalue weighted by molar-refractivity contribution is 0.0951. The SMILES string of the molecule is O=C(NCc1ccc(Br)cc1)c1ccc2c(=O)nc3c(-c4cccc(F)c4)n[nH]n3c2c1. The van der Waals surface area contributed by atoms with Crippen molar-refractivity contribution in [2.75, 3.05) is 0 Å². The van der Waals surface area contributed by atoms with Crippen molar-refractivity contribution in [2.24, 2.45) is 0 Å². The summed E-state index contributed by atoms with van der Waals surface area (Å²) in [5, 5.41) is 10.2. The number of fused-ring (bicyclic) bond motifs is 3. The smallest absolute Gasteiger partial charge is 0.281 e. The van der Waals surface area contributed by atoms with Gasteiger partial charge >= 0.3 is 0 Å². The van der Waals surface area contributed by atoms with E-state index in [9.17, 15) is 14.0 Å². The molecule has 0 atom stereocenters. The Kier molecular flexibility index (Phi) is 5.02. The van der Waals surface area contributed by atoms with Crippen molar-refractivity contribution in [1.82, 2.24) is 25.1 Å². The van der Waals surface area contributed by atoms with Crippen molar-refractivity contribution in [1.29, 1.82) is 0 Å². The van der Waals surface area contributed by atoms with E-state index in [-0.39, 0.29) is 11.6 Å². The molecule has 7 nitrogen and oxygen atoms in total. The molecule has 0 saturated heterocycles. The minimum Gasteiger partial charge on any atom is -0.348 e. The number of halogens is 2. The van der Waals surface area contributed by atoms with Gasteiger partial charge in [-0.15, -0.1) is 0 Å². The van der Waals surface area contributed by atoms with Crippen LogP contribution in [0.1, 0.15) is 15.9 Å². The van der Waals surface area contributed by atoms with Gasteiger partial charge in [0.15, 0.2) is 5.65 Å². The lowest BCUT2D eigenvalue weighted by Crippen LogP contribution is -2.23. The van der Waals surface area contributed by atoms with E-state index in [0.29, 0.717) is 34.3 Å². The van der Waals surface area contributed by atoms with Crippen LogP contribution in [-0.2, 0) is 6.54 Å². The van der Waals surface area contributed by atoms with Crippen LogP contribution in [0.2, 0.25) is 0 Å². The Bertz CT molecular complexity index is 1540. The maximum Gasteiger partial charge on any atom is 0.281 e. The van der Waals surface area contributed by atoms with Crippen LogP contribution >= 0.6 is 15.9 Å². The number of benzene rings is 3. The number of nitrogens with zero attached hydrogens (tertiary/aromatic N) is 3. The van der Waals surface area contributed by atoms with Crippen molar-refractivity contribution in [3.63, 3.8) is 0 Å². The normalized spacial score (nSPS) is 11.2.